The average Bonchev–Trinajstić information content (AvgIpc) is 2.98. The summed E-state index contributed by atoms with van der Waals surface area (Å²) in [6, 6.07) is 5.64. The number of amides is 3. The molecule has 31 heavy (non-hydrogen) atoms. The molecule has 1 spiro atoms. The van der Waals surface area contributed by atoms with Crippen molar-refractivity contribution in [3.63, 3.8) is 0 Å². The number of rotatable bonds is 5. The highest BCUT2D eigenvalue weighted by Crippen LogP contribution is 2.38. The summed E-state index contributed by atoms with van der Waals surface area (Å²) in [6.45, 7) is 1.27. The standard InChI is InChI=1S/C22H24N2O7/c1-13-5-3-4-8-22(13)20(27)24(21(28)23-22)11-19(26)30-12-14-9-18(25)31-17-10-15(29-2)6-7-16(14)17/h6-7,9-10,13H,3-5,8,11-12H2,1-2H3,(H,23,28)/t13-,22-/m0/s1. The van der Waals surface area contributed by atoms with Crippen LogP contribution in [0.2, 0.25) is 0 Å². The quantitative estimate of drug-likeness (QED) is 0.442. The predicted octanol–water partition coefficient (Wildman–Crippen LogP) is 2.35. The number of urea groups is 1. The molecule has 1 aliphatic heterocycles. The summed E-state index contributed by atoms with van der Waals surface area (Å²) in [6.07, 6.45) is 3.28. The average molecular weight is 428 g/mol. The van der Waals surface area contributed by atoms with E-state index >= 15 is 0 Å². The highest BCUT2D eigenvalue weighted by atomic mass is 16.5. The lowest BCUT2D eigenvalue weighted by Crippen LogP contribution is -2.54. The number of carbonyl (C=O) groups excluding carboxylic acids is 3. The van der Waals surface area contributed by atoms with Gasteiger partial charge >= 0.3 is 17.6 Å². The number of nitrogens with one attached hydrogen (secondary N) is 1. The van der Waals surface area contributed by atoms with E-state index in [1.807, 2.05) is 6.92 Å². The molecule has 2 heterocycles. The highest BCUT2D eigenvalue weighted by Gasteiger charge is 2.55. The molecule has 1 aromatic heterocycles. The molecule has 164 valence electrons. The Morgan fingerprint density at radius 2 is 2.06 bits per heavy atom. The molecule has 2 aromatic rings. The Balaban J connectivity index is 1.46. The summed E-state index contributed by atoms with van der Waals surface area (Å²) < 4.78 is 15.6. The second-order valence-corrected chi connectivity index (χ2v) is 8.05. The number of benzene rings is 1. The fourth-order valence-electron chi connectivity index (χ4n) is 4.43. The van der Waals surface area contributed by atoms with Gasteiger partial charge in [-0.25, -0.2) is 9.59 Å². The minimum atomic E-state index is -0.927. The van der Waals surface area contributed by atoms with E-state index in [-0.39, 0.29) is 18.4 Å². The van der Waals surface area contributed by atoms with E-state index in [4.69, 9.17) is 13.9 Å². The van der Waals surface area contributed by atoms with E-state index in [0.717, 1.165) is 24.2 Å². The maximum atomic E-state index is 13.0. The molecule has 9 heteroatoms. The maximum absolute atomic E-state index is 13.0. The summed E-state index contributed by atoms with van der Waals surface area (Å²) in [5.41, 5.74) is -0.755. The molecule has 0 bridgehead atoms. The molecule has 3 amide bonds. The zero-order valence-corrected chi connectivity index (χ0v) is 17.4. The third-order valence-corrected chi connectivity index (χ3v) is 6.21. The second kappa shape index (κ2) is 8.05. The van der Waals surface area contributed by atoms with Crippen LogP contribution >= 0.6 is 0 Å². The number of carbonyl (C=O) groups is 3. The molecular weight excluding hydrogens is 404 g/mol. The third kappa shape index (κ3) is 3.75. The molecule has 1 saturated carbocycles. The van der Waals surface area contributed by atoms with Gasteiger partial charge in [-0.2, -0.15) is 0 Å². The molecule has 2 fully saturated rings. The van der Waals surface area contributed by atoms with Crippen LogP contribution in [0, 0.1) is 5.92 Å². The fraction of sp³-hybridized carbons (Fsp3) is 0.455. The van der Waals surface area contributed by atoms with E-state index < -0.39 is 29.7 Å². The van der Waals surface area contributed by atoms with Gasteiger partial charge in [0.05, 0.1) is 7.11 Å². The summed E-state index contributed by atoms with van der Waals surface area (Å²) in [5, 5.41) is 3.40. The van der Waals surface area contributed by atoms with Crippen molar-refractivity contribution in [1.29, 1.82) is 0 Å². The monoisotopic (exact) mass is 428 g/mol. The minimum Gasteiger partial charge on any atom is -0.497 e. The largest absolute Gasteiger partial charge is 0.497 e. The smallest absolute Gasteiger partial charge is 0.336 e. The van der Waals surface area contributed by atoms with Crippen molar-refractivity contribution in [3.8, 4) is 5.75 Å². The van der Waals surface area contributed by atoms with Crippen molar-refractivity contribution in [1.82, 2.24) is 10.2 Å². The van der Waals surface area contributed by atoms with E-state index in [1.165, 1.54) is 13.2 Å². The number of hydrogen-bond donors (Lipinski definition) is 1. The summed E-state index contributed by atoms with van der Waals surface area (Å²) in [7, 11) is 1.50. The van der Waals surface area contributed by atoms with Crippen molar-refractivity contribution >= 4 is 28.9 Å². The number of ether oxygens (including phenoxy) is 2. The second-order valence-electron chi connectivity index (χ2n) is 8.05. The van der Waals surface area contributed by atoms with Crippen molar-refractivity contribution in [3.05, 3.63) is 40.2 Å². The topological polar surface area (TPSA) is 115 Å². The highest BCUT2D eigenvalue weighted by molar-refractivity contribution is 6.09. The van der Waals surface area contributed by atoms with Gasteiger partial charge in [-0.05, 0) is 30.9 Å². The van der Waals surface area contributed by atoms with E-state index in [1.54, 1.807) is 18.2 Å². The van der Waals surface area contributed by atoms with Crippen LogP contribution in [0.25, 0.3) is 11.0 Å². The predicted molar refractivity (Wildman–Crippen MR) is 109 cm³/mol. The van der Waals surface area contributed by atoms with Gasteiger partial charge in [-0.3, -0.25) is 14.5 Å². The van der Waals surface area contributed by atoms with Gasteiger partial charge in [-0.1, -0.05) is 19.8 Å². The zero-order valence-electron chi connectivity index (χ0n) is 17.4. The first kappa shape index (κ1) is 20.9. The maximum Gasteiger partial charge on any atom is 0.336 e. The minimum absolute atomic E-state index is 0.00520. The van der Waals surface area contributed by atoms with E-state index in [0.29, 0.717) is 28.7 Å². The Hall–Kier alpha value is -3.36. The van der Waals surface area contributed by atoms with Gasteiger partial charge in [0.15, 0.2) is 0 Å². The first-order valence-corrected chi connectivity index (χ1v) is 10.2. The van der Waals surface area contributed by atoms with Crippen molar-refractivity contribution in [2.24, 2.45) is 5.92 Å². The Morgan fingerprint density at radius 1 is 1.26 bits per heavy atom. The summed E-state index contributed by atoms with van der Waals surface area (Å²) in [5.74, 6) is -0.585. The normalized spacial score (nSPS) is 23.3. The van der Waals surface area contributed by atoms with Crippen LogP contribution < -0.4 is 15.7 Å². The van der Waals surface area contributed by atoms with Crippen molar-refractivity contribution in [2.45, 2.75) is 44.8 Å². The first-order valence-electron chi connectivity index (χ1n) is 10.2. The van der Waals surface area contributed by atoms with Gasteiger partial charge in [0.1, 0.15) is 30.0 Å². The molecule has 9 nitrogen and oxygen atoms in total. The van der Waals surface area contributed by atoms with Crippen LogP contribution in [0.1, 0.15) is 38.2 Å². The molecule has 0 unspecified atom stereocenters. The Kier molecular flexibility index (Phi) is 5.43. The third-order valence-electron chi connectivity index (χ3n) is 6.21. The number of nitrogens with zero attached hydrogens (tertiary/aromatic N) is 1. The molecule has 0 radical (unpaired) electrons. The first-order chi connectivity index (χ1) is 14.8. The molecule has 4 rings (SSSR count). The zero-order chi connectivity index (χ0) is 22.2. The molecule has 1 aromatic carbocycles. The van der Waals surface area contributed by atoms with Crippen LogP contribution in [0.3, 0.4) is 0 Å². The van der Waals surface area contributed by atoms with Crippen LogP contribution in [0.15, 0.2) is 33.5 Å². The van der Waals surface area contributed by atoms with Crippen molar-refractivity contribution in [2.75, 3.05) is 13.7 Å². The lowest BCUT2D eigenvalue weighted by Gasteiger charge is -2.36. The molecular formula is C22H24N2O7. The van der Waals surface area contributed by atoms with Crippen LogP contribution in [-0.4, -0.2) is 42.0 Å². The SMILES string of the molecule is COc1ccc2c(COC(=O)CN3C(=O)N[C@]4(CCCC[C@@H]4C)C3=O)cc(=O)oc2c1. The molecule has 1 aliphatic carbocycles. The van der Waals surface area contributed by atoms with Gasteiger partial charge in [-0.15, -0.1) is 0 Å². The van der Waals surface area contributed by atoms with E-state index in [2.05, 4.69) is 5.32 Å². The lowest BCUT2D eigenvalue weighted by atomic mass is 9.73. The molecule has 2 aliphatic rings. The Bertz CT molecular complexity index is 1110. The number of imide groups is 1. The number of esters is 1. The van der Waals surface area contributed by atoms with Gasteiger partial charge in [0, 0.05) is 23.1 Å². The van der Waals surface area contributed by atoms with Crippen LogP contribution in [-0.2, 0) is 20.9 Å². The van der Waals surface area contributed by atoms with Gasteiger partial charge in [0.2, 0.25) is 0 Å². The summed E-state index contributed by atoms with van der Waals surface area (Å²) in [4.78, 5) is 50.6. The van der Waals surface area contributed by atoms with Gasteiger partial charge in [0.25, 0.3) is 5.91 Å². The van der Waals surface area contributed by atoms with E-state index in [9.17, 15) is 19.2 Å². The van der Waals surface area contributed by atoms with Crippen LogP contribution in [0.5, 0.6) is 5.75 Å². The molecule has 1 saturated heterocycles. The lowest BCUT2D eigenvalue weighted by molar-refractivity contribution is -0.149. The molecule has 1 N–H and O–H groups in total. The Labute approximate surface area is 178 Å². The van der Waals surface area contributed by atoms with Crippen LogP contribution in [0.4, 0.5) is 4.79 Å². The number of hydrogen-bond acceptors (Lipinski definition) is 7. The number of fused-ring (bicyclic) bond motifs is 1. The summed E-state index contributed by atoms with van der Waals surface area (Å²) >= 11 is 0. The van der Waals surface area contributed by atoms with Crippen molar-refractivity contribution < 1.29 is 28.3 Å². The number of methoxy groups -OCH3 is 1. The molecule has 2 atom stereocenters. The Morgan fingerprint density at radius 3 is 2.81 bits per heavy atom. The van der Waals surface area contributed by atoms with Gasteiger partial charge < -0.3 is 19.2 Å². The fourth-order valence-corrected chi connectivity index (χ4v) is 4.43.